The van der Waals surface area contributed by atoms with Crippen molar-refractivity contribution in [2.75, 3.05) is 13.1 Å². The molecule has 0 spiro atoms. The molecule has 0 radical (unpaired) electrons. The molecule has 1 rings (SSSR count). The predicted molar refractivity (Wildman–Crippen MR) is 74.8 cm³/mol. The van der Waals surface area contributed by atoms with E-state index in [0.717, 1.165) is 11.1 Å². The summed E-state index contributed by atoms with van der Waals surface area (Å²) in [7, 11) is 0. The van der Waals surface area contributed by atoms with E-state index >= 15 is 0 Å². The normalized spacial score (nSPS) is 10.9. The van der Waals surface area contributed by atoms with Gasteiger partial charge in [-0.15, -0.1) is 0 Å². The fourth-order valence-electron chi connectivity index (χ4n) is 1.94. The van der Waals surface area contributed by atoms with E-state index in [-0.39, 0.29) is 11.7 Å². The van der Waals surface area contributed by atoms with Crippen molar-refractivity contribution in [2.45, 2.75) is 27.7 Å². The minimum Gasteiger partial charge on any atom is -0.506 e. The van der Waals surface area contributed by atoms with Gasteiger partial charge in [-0.05, 0) is 39.3 Å². The lowest BCUT2D eigenvalue weighted by Crippen LogP contribution is -2.30. The highest BCUT2D eigenvalue weighted by atomic mass is 16.3. The highest BCUT2D eigenvalue weighted by Crippen LogP contribution is 2.28. The molecule has 18 heavy (non-hydrogen) atoms. The van der Waals surface area contributed by atoms with Gasteiger partial charge in [-0.2, -0.15) is 0 Å². The van der Waals surface area contributed by atoms with Gasteiger partial charge in [0, 0.05) is 18.7 Å². The third kappa shape index (κ3) is 2.73. The number of carbonyl (C=O) groups excluding carboxylic acids is 1. The first-order valence-electron chi connectivity index (χ1n) is 6.31. The zero-order chi connectivity index (χ0) is 13.7. The van der Waals surface area contributed by atoms with Crippen LogP contribution in [-0.4, -0.2) is 29.0 Å². The van der Waals surface area contributed by atoms with E-state index in [4.69, 9.17) is 0 Å². The minimum atomic E-state index is -0.122. The van der Waals surface area contributed by atoms with E-state index in [1.54, 1.807) is 11.0 Å². The number of benzene rings is 1. The number of rotatable bonds is 4. The molecule has 1 N–H and O–H groups in total. The average molecular weight is 247 g/mol. The fraction of sp³-hybridized carbons (Fsp3) is 0.400. The lowest BCUT2D eigenvalue weighted by molar-refractivity contribution is 0.0770. The maximum absolute atomic E-state index is 12.2. The van der Waals surface area contributed by atoms with Crippen LogP contribution in [0.15, 0.2) is 18.2 Å². The average Bonchev–Trinajstić information content (AvgIpc) is 2.36. The van der Waals surface area contributed by atoms with Crippen LogP contribution < -0.4 is 0 Å². The first-order chi connectivity index (χ1) is 8.56. The van der Waals surface area contributed by atoms with Gasteiger partial charge in [0.25, 0.3) is 5.91 Å². The van der Waals surface area contributed by atoms with E-state index in [0.29, 0.717) is 18.7 Å². The van der Waals surface area contributed by atoms with Crippen LogP contribution in [0.5, 0.6) is 5.75 Å². The summed E-state index contributed by atoms with van der Waals surface area (Å²) in [6.45, 7) is 8.95. The number of carbonyl (C=O) groups is 1. The second-order valence-electron chi connectivity index (χ2n) is 4.17. The number of hydrogen-bond acceptors (Lipinski definition) is 2. The van der Waals surface area contributed by atoms with Gasteiger partial charge < -0.3 is 10.0 Å². The van der Waals surface area contributed by atoms with Gasteiger partial charge in [0.2, 0.25) is 0 Å². The maximum atomic E-state index is 12.2. The van der Waals surface area contributed by atoms with E-state index in [9.17, 15) is 9.90 Å². The number of hydrogen-bond donors (Lipinski definition) is 1. The standard InChI is InChI=1S/C15H21NO2/c1-5-8-12-11(4)9-10-13(14(12)17)15(18)16(6-2)7-3/h5,8-10,17H,6-7H2,1-4H3. The van der Waals surface area contributed by atoms with Crippen molar-refractivity contribution in [3.05, 3.63) is 34.9 Å². The molecule has 1 aromatic rings. The predicted octanol–water partition coefficient (Wildman–Crippen LogP) is 3.22. The highest BCUT2D eigenvalue weighted by molar-refractivity contribution is 5.98. The molecule has 0 atom stereocenters. The Balaban J connectivity index is 3.26. The second-order valence-corrected chi connectivity index (χ2v) is 4.17. The molecule has 1 amide bonds. The Kier molecular flexibility index (Phi) is 4.95. The Hall–Kier alpha value is -1.77. The van der Waals surface area contributed by atoms with Gasteiger partial charge in [-0.3, -0.25) is 4.79 Å². The Bertz CT molecular complexity index is 460. The van der Waals surface area contributed by atoms with Crippen LogP contribution in [0.1, 0.15) is 42.3 Å². The molecule has 0 saturated heterocycles. The van der Waals surface area contributed by atoms with Crippen LogP contribution in [0.25, 0.3) is 6.08 Å². The van der Waals surface area contributed by atoms with Gasteiger partial charge in [0.05, 0.1) is 5.56 Å². The Morgan fingerprint density at radius 1 is 1.33 bits per heavy atom. The highest BCUT2D eigenvalue weighted by Gasteiger charge is 2.18. The van der Waals surface area contributed by atoms with Crippen LogP contribution >= 0.6 is 0 Å². The Labute approximate surface area is 109 Å². The zero-order valence-corrected chi connectivity index (χ0v) is 11.5. The molecule has 0 fully saturated rings. The number of phenolic OH excluding ortho intramolecular Hbond substituents is 1. The number of nitrogens with zero attached hydrogens (tertiary/aromatic N) is 1. The number of allylic oxidation sites excluding steroid dienone is 1. The van der Waals surface area contributed by atoms with Crippen LogP contribution in [0, 0.1) is 6.92 Å². The maximum Gasteiger partial charge on any atom is 0.257 e. The van der Waals surface area contributed by atoms with E-state index in [1.807, 2.05) is 45.9 Å². The molecule has 0 aliphatic heterocycles. The molecule has 0 heterocycles. The molecule has 0 aliphatic carbocycles. The van der Waals surface area contributed by atoms with Crippen molar-refractivity contribution in [3.8, 4) is 5.75 Å². The number of amides is 1. The topological polar surface area (TPSA) is 40.5 Å². The monoisotopic (exact) mass is 247 g/mol. The van der Waals surface area contributed by atoms with Crippen LogP contribution in [0.2, 0.25) is 0 Å². The van der Waals surface area contributed by atoms with Crippen molar-refractivity contribution in [1.29, 1.82) is 0 Å². The molecule has 3 nitrogen and oxygen atoms in total. The second kappa shape index (κ2) is 6.24. The SMILES string of the molecule is CC=Cc1c(C)ccc(C(=O)N(CC)CC)c1O. The number of aryl methyl sites for hydroxylation is 1. The van der Waals surface area contributed by atoms with E-state index in [1.165, 1.54) is 0 Å². The van der Waals surface area contributed by atoms with Gasteiger partial charge in [-0.1, -0.05) is 18.2 Å². The molecule has 0 saturated carbocycles. The zero-order valence-electron chi connectivity index (χ0n) is 11.5. The minimum absolute atomic E-state index is 0.0741. The van der Waals surface area contributed by atoms with E-state index < -0.39 is 0 Å². The quantitative estimate of drug-likeness (QED) is 0.887. The molecule has 3 heteroatoms. The van der Waals surface area contributed by atoms with Crippen LogP contribution in [-0.2, 0) is 0 Å². The lowest BCUT2D eigenvalue weighted by atomic mass is 10.0. The molecule has 0 aromatic heterocycles. The summed E-state index contributed by atoms with van der Waals surface area (Å²) in [4.78, 5) is 13.9. The first-order valence-corrected chi connectivity index (χ1v) is 6.31. The lowest BCUT2D eigenvalue weighted by Gasteiger charge is -2.20. The summed E-state index contributed by atoms with van der Waals surface area (Å²) in [5, 5.41) is 10.2. The smallest absolute Gasteiger partial charge is 0.257 e. The molecule has 98 valence electrons. The molecular formula is C15H21NO2. The fourth-order valence-corrected chi connectivity index (χ4v) is 1.94. The van der Waals surface area contributed by atoms with Gasteiger partial charge in [0.15, 0.2) is 0 Å². The van der Waals surface area contributed by atoms with Gasteiger partial charge in [-0.25, -0.2) is 0 Å². The van der Waals surface area contributed by atoms with Crippen molar-refractivity contribution < 1.29 is 9.90 Å². The van der Waals surface area contributed by atoms with Gasteiger partial charge >= 0.3 is 0 Å². The summed E-state index contributed by atoms with van der Waals surface area (Å²) in [6.07, 6.45) is 3.68. The third-order valence-corrected chi connectivity index (χ3v) is 3.05. The molecule has 0 bridgehead atoms. The Morgan fingerprint density at radius 2 is 1.94 bits per heavy atom. The molecule has 0 aliphatic rings. The molecule has 0 unspecified atom stereocenters. The Morgan fingerprint density at radius 3 is 2.44 bits per heavy atom. The molecule has 1 aromatic carbocycles. The summed E-state index contributed by atoms with van der Waals surface area (Å²) in [6, 6.07) is 3.56. The van der Waals surface area contributed by atoms with Gasteiger partial charge in [0.1, 0.15) is 5.75 Å². The largest absolute Gasteiger partial charge is 0.506 e. The molecular weight excluding hydrogens is 226 g/mol. The summed E-state index contributed by atoms with van der Waals surface area (Å²) in [5.41, 5.74) is 2.05. The summed E-state index contributed by atoms with van der Waals surface area (Å²) >= 11 is 0. The summed E-state index contributed by atoms with van der Waals surface area (Å²) < 4.78 is 0. The van der Waals surface area contributed by atoms with Crippen molar-refractivity contribution in [2.24, 2.45) is 0 Å². The van der Waals surface area contributed by atoms with Crippen molar-refractivity contribution >= 4 is 12.0 Å². The first kappa shape index (κ1) is 14.3. The number of aromatic hydroxyl groups is 1. The van der Waals surface area contributed by atoms with Crippen LogP contribution in [0.3, 0.4) is 0 Å². The third-order valence-electron chi connectivity index (χ3n) is 3.05. The van der Waals surface area contributed by atoms with E-state index in [2.05, 4.69) is 0 Å². The summed E-state index contributed by atoms with van der Waals surface area (Å²) in [5.74, 6) is -0.0479. The van der Waals surface area contributed by atoms with Crippen molar-refractivity contribution in [1.82, 2.24) is 4.90 Å². The number of phenols is 1. The van der Waals surface area contributed by atoms with Crippen molar-refractivity contribution in [3.63, 3.8) is 0 Å². The van der Waals surface area contributed by atoms with Crippen LogP contribution in [0.4, 0.5) is 0 Å².